The summed E-state index contributed by atoms with van der Waals surface area (Å²) in [5.41, 5.74) is 0.753. The average Bonchev–Trinajstić information content (AvgIpc) is 2.87. The lowest BCUT2D eigenvalue weighted by molar-refractivity contribution is 0.0804. The number of ether oxygens (including phenoxy) is 1. The van der Waals surface area contributed by atoms with E-state index in [2.05, 4.69) is 52.5 Å². The van der Waals surface area contributed by atoms with Gasteiger partial charge in [0.1, 0.15) is 11.8 Å². The number of rotatable bonds is 15. The van der Waals surface area contributed by atoms with Gasteiger partial charge in [0.15, 0.2) is 0 Å². The second kappa shape index (κ2) is 18.3. The molecule has 1 fully saturated rings. The van der Waals surface area contributed by atoms with E-state index in [1.165, 1.54) is 12.8 Å². The van der Waals surface area contributed by atoms with Gasteiger partial charge in [-0.3, -0.25) is 19.8 Å². The maximum absolute atomic E-state index is 12.1. The number of hydrogen-bond donors (Lipinski definition) is 1. The minimum Gasteiger partial charge on any atom is -0.445 e. The first-order valence-electron chi connectivity index (χ1n) is 13.2. The molecule has 204 valence electrons. The van der Waals surface area contributed by atoms with Crippen LogP contribution in [0.25, 0.3) is 0 Å². The Morgan fingerprint density at radius 2 is 2.00 bits per heavy atom. The van der Waals surface area contributed by atoms with E-state index in [0.29, 0.717) is 29.6 Å². The molecular weight excluding hydrogens is 474 g/mol. The number of carbonyl (C=O) groups excluding carboxylic acids is 1. The third kappa shape index (κ3) is 11.4. The van der Waals surface area contributed by atoms with Crippen molar-refractivity contribution < 1.29 is 9.53 Å². The summed E-state index contributed by atoms with van der Waals surface area (Å²) in [4.78, 5) is 25.4. The van der Waals surface area contributed by atoms with E-state index in [0.717, 1.165) is 38.2 Å². The van der Waals surface area contributed by atoms with Gasteiger partial charge in [-0.25, -0.2) is 4.79 Å². The van der Waals surface area contributed by atoms with Crippen molar-refractivity contribution in [2.75, 3.05) is 53.4 Å². The fraction of sp³-hybridized carbons (Fsp3) is 0.679. The largest absolute Gasteiger partial charge is 0.445 e. The van der Waals surface area contributed by atoms with Gasteiger partial charge >= 0.3 is 6.09 Å². The highest BCUT2D eigenvalue weighted by Gasteiger charge is 2.33. The number of aliphatic imine (C=N–C) groups is 2. The molecule has 1 rings (SSSR count). The molecule has 1 aliphatic carbocycles. The minimum absolute atomic E-state index is 0.0564. The van der Waals surface area contributed by atoms with Crippen LogP contribution in [0.1, 0.15) is 47.0 Å². The Bertz CT molecular complexity index is 780. The Hall–Kier alpha value is -1.96. The predicted octanol–water partition coefficient (Wildman–Crippen LogP) is 5.19. The van der Waals surface area contributed by atoms with E-state index in [1.54, 1.807) is 14.1 Å². The Morgan fingerprint density at radius 3 is 2.58 bits per heavy atom. The third-order valence-corrected chi connectivity index (χ3v) is 7.23. The first-order chi connectivity index (χ1) is 17.3. The summed E-state index contributed by atoms with van der Waals surface area (Å²) < 4.78 is 5.26. The molecule has 0 aromatic heterocycles. The number of nitrogens with zero attached hydrogens (tertiary/aromatic N) is 4. The predicted molar refractivity (Wildman–Crippen MR) is 155 cm³/mol. The van der Waals surface area contributed by atoms with E-state index in [9.17, 15) is 4.79 Å². The van der Waals surface area contributed by atoms with Crippen molar-refractivity contribution in [3.05, 3.63) is 36.5 Å². The zero-order valence-electron chi connectivity index (χ0n) is 23.3. The van der Waals surface area contributed by atoms with Crippen LogP contribution in [0.15, 0.2) is 46.4 Å². The number of nitrogens with one attached hydrogen (secondary N) is 1. The number of alkyl carbamates (subject to hydrolysis) is 1. The van der Waals surface area contributed by atoms with Gasteiger partial charge in [-0.2, -0.15) is 0 Å². The standard InChI is InChI=1S/C28H48ClN5O2/c1-8-11-12-13-22(4)21-36-28(35)32-16-17-33(9-2)25-15-14-24(18-23(25)5)20-34(10-3)26(19-30-6)27(29)31-7/h8,11-13,19,23-26H,4,9-10,14-18,20-21H2,1-3,5-7H3,(H,32,35). The zero-order valence-corrected chi connectivity index (χ0v) is 24.0. The van der Waals surface area contributed by atoms with E-state index in [4.69, 9.17) is 16.3 Å². The maximum atomic E-state index is 12.1. The lowest BCUT2D eigenvalue weighted by Crippen LogP contribution is -2.48. The normalized spacial score (nSPS) is 22.2. The summed E-state index contributed by atoms with van der Waals surface area (Å²) in [5, 5.41) is 3.47. The molecule has 0 radical (unpaired) electrons. The molecule has 0 aromatic rings. The van der Waals surface area contributed by atoms with Crippen LogP contribution < -0.4 is 5.32 Å². The van der Waals surface area contributed by atoms with E-state index in [-0.39, 0.29) is 12.6 Å². The van der Waals surface area contributed by atoms with Crippen LogP contribution >= 0.6 is 11.6 Å². The van der Waals surface area contributed by atoms with Crippen molar-refractivity contribution >= 4 is 29.1 Å². The summed E-state index contributed by atoms with van der Waals surface area (Å²) >= 11 is 6.41. The highest BCUT2D eigenvalue weighted by molar-refractivity contribution is 6.68. The van der Waals surface area contributed by atoms with Gasteiger partial charge in [0.05, 0.1) is 6.04 Å². The molecule has 1 N–H and O–H groups in total. The molecule has 4 unspecified atom stereocenters. The van der Waals surface area contributed by atoms with Crippen LogP contribution in [0.2, 0.25) is 0 Å². The molecule has 0 bridgehead atoms. The Morgan fingerprint density at radius 1 is 1.25 bits per heavy atom. The van der Waals surface area contributed by atoms with Crippen LogP contribution in [-0.4, -0.2) is 92.8 Å². The minimum atomic E-state index is -0.400. The average molecular weight is 522 g/mol. The highest BCUT2D eigenvalue weighted by Crippen LogP contribution is 2.33. The number of allylic oxidation sites excluding steroid dienone is 3. The monoisotopic (exact) mass is 521 g/mol. The molecule has 7 nitrogen and oxygen atoms in total. The Labute approximate surface area is 224 Å². The van der Waals surface area contributed by atoms with Crippen LogP contribution in [0.5, 0.6) is 0 Å². The zero-order chi connectivity index (χ0) is 26.9. The Kier molecular flexibility index (Phi) is 16.3. The smallest absolute Gasteiger partial charge is 0.407 e. The molecule has 1 aliphatic rings. The van der Waals surface area contributed by atoms with E-state index < -0.39 is 6.09 Å². The topological polar surface area (TPSA) is 69.5 Å². The molecule has 0 aliphatic heterocycles. The number of carbonyl (C=O) groups is 1. The van der Waals surface area contributed by atoms with Crippen LogP contribution in [0.3, 0.4) is 0 Å². The fourth-order valence-corrected chi connectivity index (χ4v) is 5.17. The van der Waals surface area contributed by atoms with Gasteiger partial charge in [-0.05, 0) is 56.7 Å². The maximum Gasteiger partial charge on any atom is 0.407 e. The molecule has 1 amide bonds. The van der Waals surface area contributed by atoms with Gasteiger partial charge < -0.3 is 10.1 Å². The van der Waals surface area contributed by atoms with Gasteiger partial charge in [0.25, 0.3) is 0 Å². The molecule has 0 heterocycles. The molecule has 4 atom stereocenters. The van der Waals surface area contributed by atoms with Crippen molar-refractivity contribution in [2.24, 2.45) is 21.8 Å². The van der Waals surface area contributed by atoms with Crippen LogP contribution in [0.4, 0.5) is 4.79 Å². The second-order valence-corrected chi connectivity index (χ2v) is 9.77. The molecule has 8 heteroatoms. The van der Waals surface area contributed by atoms with Crippen molar-refractivity contribution in [1.29, 1.82) is 0 Å². The SMILES string of the molecule is C=C(C=CC=CC)COC(=O)NCCN(CC)C1CCC(CN(CC)C(C=NC)C(Cl)=NC)CC1C. The Balaban J connectivity index is 2.53. The summed E-state index contributed by atoms with van der Waals surface area (Å²) in [5.74, 6) is 1.20. The number of halogens is 1. The molecule has 36 heavy (non-hydrogen) atoms. The van der Waals surface area contributed by atoms with Gasteiger partial charge in [-0.1, -0.05) is 63.3 Å². The van der Waals surface area contributed by atoms with Crippen LogP contribution in [0, 0.1) is 11.8 Å². The van der Waals surface area contributed by atoms with Crippen LogP contribution in [-0.2, 0) is 4.74 Å². The van der Waals surface area contributed by atoms with Crippen molar-refractivity contribution in [3.63, 3.8) is 0 Å². The highest BCUT2D eigenvalue weighted by atomic mass is 35.5. The van der Waals surface area contributed by atoms with Gasteiger partial charge in [0.2, 0.25) is 0 Å². The molecule has 0 saturated heterocycles. The van der Waals surface area contributed by atoms with Crippen molar-refractivity contribution in [1.82, 2.24) is 15.1 Å². The lowest BCUT2D eigenvalue weighted by atomic mass is 9.77. The first-order valence-corrected chi connectivity index (χ1v) is 13.6. The van der Waals surface area contributed by atoms with E-state index >= 15 is 0 Å². The number of hydrogen-bond acceptors (Lipinski definition) is 6. The van der Waals surface area contributed by atoms with Crippen molar-refractivity contribution in [2.45, 2.75) is 59.0 Å². The first kappa shape index (κ1) is 32.1. The third-order valence-electron chi connectivity index (χ3n) is 6.84. The summed E-state index contributed by atoms with van der Waals surface area (Å²) in [6.07, 6.45) is 12.6. The van der Waals surface area contributed by atoms with Gasteiger partial charge in [-0.15, -0.1) is 0 Å². The lowest BCUT2D eigenvalue weighted by Gasteiger charge is -2.42. The number of amides is 1. The fourth-order valence-electron chi connectivity index (χ4n) is 4.97. The summed E-state index contributed by atoms with van der Waals surface area (Å²) in [6, 6.07) is 0.462. The molecule has 1 saturated carbocycles. The quantitative estimate of drug-likeness (QED) is 0.238. The second-order valence-electron chi connectivity index (χ2n) is 9.38. The molecular formula is C28H48ClN5O2. The van der Waals surface area contributed by atoms with Crippen molar-refractivity contribution in [3.8, 4) is 0 Å². The summed E-state index contributed by atoms with van der Waals surface area (Å²) in [6.45, 7) is 17.0. The van der Waals surface area contributed by atoms with Gasteiger partial charge in [0, 0.05) is 46.0 Å². The molecule has 0 aromatic carbocycles. The van der Waals surface area contributed by atoms with E-state index in [1.807, 2.05) is 37.4 Å². The molecule has 0 spiro atoms. The number of likely N-dealkylation sites (N-methyl/N-ethyl adjacent to an activating group) is 1. The summed E-state index contributed by atoms with van der Waals surface area (Å²) in [7, 11) is 3.51.